The Bertz CT molecular complexity index is 579. The first-order valence-corrected chi connectivity index (χ1v) is 9.22. The van der Waals surface area contributed by atoms with E-state index in [1.54, 1.807) is 21.3 Å². The van der Waals surface area contributed by atoms with Gasteiger partial charge in [-0.05, 0) is 38.7 Å². The number of ether oxygens (including phenoxy) is 2. The summed E-state index contributed by atoms with van der Waals surface area (Å²) in [4.78, 5) is 9.22. The fourth-order valence-corrected chi connectivity index (χ4v) is 3.05. The maximum Gasteiger partial charge on any atom is 0.191 e. The first kappa shape index (κ1) is 20.3. The van der Waals surface area contributed by atoms with Gasteiger partial charge >= 0.3 is 0 Å². The van der Waals surface area contributed by atoms with E-state index in [1.807, 2.05) is 18.2 Å². The van der Waals surface area contributed by atoms with Gasteiger partial charge in [-0.25, -0.2) is 0 Å². The van der Waals surface area contributed by atoms with Crippen molar-refractivity contribution in [1.29, 1.82) is 0 Å². The van der Waals surface area contributed by atoms with Crippen molar-refractivity contribution in [1.82, 2.24) is 20.4 Å². The summed E-state index contributed by atoms with van der Waals surface area (Å²) >= 11 is 0. The quantitative estimate of drug-likeness (QED) is 0.557. The molecule has 26 heavy (non-hydrogen) atoms. The fraction of sp³-hybridized carbons (Fsp3) is 0.632. The number of likely N-dealkylation sites (N-methyl/N-ethyl adjacent to an activating group) is 1. The number of aliphatic imine (C=N–C) groups is 1. The van der Waals surface area contributed by atoms with Crippen LogP contribution in [0.15, 0.2) is 23.2 Å². The van der Waals surface area contributed by atoms with E-state index in [0.29, 0.717) is 6.54 Å². The van der Waals surface area contributed by atoms with Gasteiger partial charge in [0.15, 0.2) is 5.96 Å². The molecule has 2 N–H and O–H groups in total. The second kappa shape index (κ2) is 10.9. The molecule has 0 saturated carbocycles. The van der Waals surface area contributed by atoms with E-state index in [4.69, 9.17) is 9.47 Å². The number of methoxy groups -OCH3 is 2. The lowest BCUT2D eigenvalue weighted by Crippen LogP contribution is -2.42. The Kier molecular flexibility index (Phi) is 8.50. The topological polar surface area (TPSA) is 61.4 Å². The molecule has 1 aromatic carbocycles. The molecule has 0 unspecified atom stereocenters. The summed E-state index contributed by atoms with van der Waals surface area (Å²) in [6, 6.07) is 5.83. The second-order valence-corrected chi connectivity index (χ2v) is 6.53. The molecule has 0 bridgehead atoms. The number of rotatable bonds is 7. The number of nitrogens with one attached hydrogen (secondary N) is 2. The molecule has 0 radical (unpaired) electrons. The Morgan fingerprint density at radius 2 is 1.96 bits per heavy atom. The lowest BCUT2D eigenvalue weighted by Gasteiger charge is -2.21. The first-order chi connectivity index (χ1) is 12.7. The van der Waals surface area contributed by atoms with E-state index in [2.05, 4.69) is 32.5 Å². The van der Waals surface area contributed by atoms with E-state index in [1.165, 1.54) is 19.5 Å². The summed E-state index contributed by atoms with van der Waals surface area (Å²) in [6.45, 7) is 7.18. The monoisotopic (exact) mass is 363 g/mol. The highest BCUT2D eigenvalue weighted by atomic mass is 16.5. The van der Waals surface area contributed by atoms with Crippen LogP contribution in [0.5, 0.6) is 11.5 Å². The Hall–Kier alpha value is -1.99. The highest BCUT2D eigenvalue weighted by molar-refractivity contribution is 5.79. The van der Waals surface area contributed by atoms with Crippen LogP contribution in [0, 0.1) is 0 Å². The normalized spacial score (nSPS) is 16.8. The highest BCUT2D eigenvalue weighted by Gasteiger charge is 2.11. The third-order valence-corrected chi connectivity index (χ3v) is 4.70. The summed E-state index contributed by atoms with van der Waals surface area (Å²) in [5.74, 6) is 2.40. The molecule has 1 aliphatic rings. The van der Waals surface area contributed by atoms with E-state index in [-0.39, 0.29) is 0 Å². The molecule has 1 fully saturated rings. The van der Waals surface area contributed by atoms with E-state index in [0.717, 1.165) is 49.2 Å². The smallest absolute Gasteiger partial charge is 0.191 e. The van der Waals surface area contributed by atoms with Gasteiger partial charge < -0.3 is 29.9 Å². The second-order valence-electron chi connectivity index (χ2n) is 6.53. The predicted molar refractivity (Wildman–Crippen MR) is 106 cm³/mol. The Morgan fingerprint density at radius 3 is 2.69 bits per heavy atom. The number of hydrogen-bond acceptors (Lipinski definition) is 5. The molecule has 0 amide bonds. The molecule has 1 aliphatic heterocycles. The van der Waals surface area contributed by atoms with Gasteiger partial charge in [0, 0.05) is 51.4 Å². The van der Waals surface area contributed by atoms with Gasteiger partial charge in [-0.2, -0.15) is 0 Å². The molecular weight excluding hydrogens is 330 g/mol. The highest BCUT2D eigenvalue weighted by Crippen LogP contribution is 2.24. The van der Waals surface area contributed by atoms with Crippen molar-refractivity contribution in [2.24, 2.45) is 4.99 Å². The van der Waals surface area contributed by atoms with Crippen LogP contribution in [-0.4, -0.2) is 83.3 Å². The van der Waals surface area contributed by atoms with Crippen LogP contribution in [0.1, 0.15) is 12.0 Å². The lowest BCUT2D eigenvalue weighted by atomic mass is 10.2. The van der Waals surface area contributed by atoms with Crippen molar-refractivity contribution in [3.63, 3.8) is 0 Å². The Labute approximate surface area is 157 Å². The summed E-state index contributed by atoms with van der Waals surface area (Å²) in [5.41, 5.74) is 1.06. The van der Waals surface area contributed by atoms with Gasteiger partial charge in [0.05, 0.1) is 14.2 Å². The van der Waals surface area contributed by atoms with Gasteiger partial charge in [0.25, 0.3) is 0 Å². The molecule has 1 heterocycles. The predicted octanol–water partition coefficient (Wildman–Crippen LogP) is 1.01. The lowest BCUT2D eigenvalue weighted by molar-refractivity contribution is 0.280. The van der Waals surface area contributed by atoms with Gasteiger partial charge in [-0.15, -0.1) is 0 Å². The van der Waals surface area contributed by atoms with E-state index < -0.39 is 0 Å². The van der Waals surface area contributed by atoms with Crippen LogP contribution in [0.2, 0.25) is 0 Å². The van der Waals surface area contributed by atoms with Crippen molar-refractivity contribution in [3.8, 4) is 11.5 Å². The van der Waals surface area contributed by atoms with Gasteiger partial charge in [0.1, 0.15) is 11.5 Å². The van der Waals surface area contributed by atoms with Crippen molar-refractivity contribution >= 4 is 5.96 Å². The Morgan fingerprint density at radius 1 is 1.12 bits per heavy atom. The molecule has 1 aromatic rings. The van der Waals surface area contributed by atoms with Gasteiger partial charge in [-0.1, -0.05) is 0 Å². The van der Waals surface area contributed by atoms with E-state index >= 15 is 0 Å². The number of nitrogens with zero attached hydrogens (tertiary/aromatic N) is 3. The molecule has 0 aromatic heterocycles. The van der Waals surface area contributed by atoms with Crippen molar-refractivity contribution in [3.05, 3.63) is 23.8 Å². The van der Waals surface area contributed by atoms with Crippen LogP contribution in [0.3, 0.4) is 0 Å². The third-order valence-electron chi connectivity index (χ3n) is 4.70. The van der Waals surface area contributed by atoms with Gasteiger partial charge in [-0.3, -0.25) is 4.99 Å². The molecule has 146 valence electrons. The summed E-state index contributed by atoms with van der Waals surface area (Å²) < 4.78 is 10.7. The summed E-state index contributed by atoms with van der Waals surface area (Å²) in [5, 5.41) is 6.74. The van der Waals surface area contributed by atoms with Crippen molar-refractivity contribution in [2.75, 3.05) is 67.6 Å². The van der Waals surface area contributed by atoms with Gasteiger partial charge in [0.2, 0.25) is 0 Å². The zero-order valence-corrected chi connectivity index (χ0v) is 16.5. The van der Waals surface area contributed by atoms with Crippen LogP contribution in [0.25, 0.3) is 0 Å². The minimum absolute atomic E-state index is 0.640. The van der Waals surface area contributed by atoms with Crippen LogP contribution >= 0.6 is 0 Å². The largest absolute Gasteiger partial charge is 0.497 e. The number of guanidine groups is 1. The van der Waals surface area contributed by atoms with E-state index in [9.17, 15) is 0 Å². The zero-order valence-electron chi connectivity index (χ0n) is 16.5. The SMILES string of the molecule is CN=C(NCCN1CCCN(C)CC1)NCc1ccc(OC)cc1OC. The average Bonchev–Trinajstić information content (AvgIpc) is 2.88. The molecule has 0 atom stereocenters. The van der Waals surface area contributed by atoms with Crippen molar-refractivity contribution < 1.29 is 9.47 Å². The molecule has 7 heteroatoms. The van der Waals surface area contributed by atoms with Crippen LogP contribution in [-0.2, 0) is 6.54 Å². The maximum atomic E-state index is 5.44. The third kappa shape index (κ3) is 6.38. The first-order valence-electron chi connectivity index (χ1n) is 9.22. The molecule has 2 rings (SSSR count). The molecule has 1 saturated heterocycles. The number of hydrogen-bond donors (Lipinski definition) is 2. The molecular formula is C19H33N5O2. The van der Waals surface area contributed by atoms with Crippen molar-refractivity contribution in [2.45, 2.75) is 13.0 Å². The fourth-order valence-electron chi connectivity index (χ4n) is 3.05. The Balaban J connectivity index is 1.77. The van der Waals surface area contributed by atoms with Crippen LogP contribution in [0.4, 0.5) is 0 Å². The van der Waals surface area contributed by atoms with Crippen LogP contribution < -0.4 is 20.1 Å². The average molecular weight is 364 g/mol. The minimum atomic E-state index is 0.640. The molecule has 0 spiro atoms. The summed E-state index contributed by atoms with van der Waals surface area (Å²) in [7, 11) is 7.31. The summed E-state index contributed by atoms with van der Waals surface area (Å²) in [6.07, 6.45) is 1.24. The molecule has 7 nitrogen and oxygen atoms in total. The number of benzene rings is 1. The minimum Gasteiger partial charge on any atom is -0.497 e. The maximum absolute atomic E-state index is 5.44. The molecule has 0 aliphatic carbocycles. The zero-order chi connectivity index (χ0) is 18.8. The standard InChI is InChI=1S/C19H33N5O2/c1-20-19(21-8-11-24-10-5-9-23(2)12-13-24)22-15-16-6-7-17(25-3)14-18(16)26-4/h6-7,14H,5,8-13,15H2,1-4H3,(H2,20,21,22).